The Morgan fingerprint density at radius 2 is 2.07 bits per heavy atom. The number of fused-ring (bicyclic) bond motifs is 1. The van der Waals surface area contributed by atoms with Crippen LogP contribution in [0.4, 0.5) is 5.69 Å². The molecule has 4 rings (SSSR count). The van der Waals surface area contributed by atoms with Crippen LogP contribution >= 0.6 is 11.6 Å². The third-order valence-electron chi connectivity index (χ3n) is 8.06. The maximum atomic E-state index is 14.3. The van der Waals surface area contributed by atoms with Crippen LogP contribution in [0, 0.1) is 11.8 Å². The summed E-state index contributed by atoms with van der Waals surface area (Å²) in [5.41, 5.74) is -0.748. The lowest BCUT2D eigenvalue weighted by atomic mass is 9.70. The molecule has 10 nitrogen and oxygen atoms in total. The summed E-state index contributed by atoms with van der Waals surface area (Å²) in [4.78, 5) is 56.7. The van der Waals surface area contributed by atoms with Crippen molar-refractivity contribution in [2.75, 3.05) is 31.1 Å². The summed E-state index contributed by atoms with van der Waals surface area (Å²) in [7, 11) is 0. The summed E-state index contributed by atoms with van der Waals surface area (Å²) in [6, 6.07) is 5.90. The van der Waals surface area contributed by atoms with Crippen LogP contribution in [0.5, 0.6) is 0 Å². The molecule has 0 aliphatic carbocycles. The Labute approximate surface area is 245 Å². The molecule has 1 aromatic rings. The van der Waals surface area contributed by atoms with Gasteiger partial charge in [-0.25, -0.2) is 0 Å². The van der Waals surface area contributed by atoms with Crippen LogP contribution in [0.1, 0.15) is 39.0 Å². The Bertz CT molecular complexity index is 1190. The molecule has 41 heavy (non-hydrogen) atoms. The average Bonchev–Trinajstić information content (AvgIpc) is 3.60. The van der Waals surface area contributed by atoms with E-state index in [1.165, 1.54) is 9.80 Å². The molecule has 3 amide bonds. The van der Waals surface area contributed by atoms with E-state index in [1.807, 2.05) is 0 Å². The number of likely N-dealkylation sites (tertiary alicyclic amines) is 1. The SMILES string of the molecule is C=CCCC(=O)NC[C@@H](C)OC(=O)[C@@H]1[C@H]2C(=O)N(CCCO)[C@H](C(=O)N(CC=C)c3ccccc3Cl)[C@]23CC[C@H]1O3. The lowest BCUT2D eigenvalue weighted by Crippen LogP contribution is -2.56. The number of hydrogen-bond acceptors (Lipinski definition) is 7. The predicted molar refractivity (Wildman–Crippen MR) is 153 cm³/mol. The van der Waals surface area contributed by atoms with Crippen molar-refractivity contribution >= 4 is 41.0 Å². The van der Waals surface area contributed by atoms with E-state index in [2.05, 4.69) is 18.5 Å². The van der Waals surface area contributed by atoms with E-state index in [9.17, 15) is 24.3 Å². The second kappa shape index (κ2) is 13.2. The molecule has 3 fully saturated rings. The molecule has 0 radical (unpaired) electrons. The van der Waals surface area contributed by atoms with E-state index >= 15 is 0 Å². The molecule has 3 heterocycles. The first kappa shape index (κ1) is 30.7. The van der Waals surface area contributed by atoms with Gasteiger partial charge in [-0.2, -0.15) is 0 Å². The number of benzene rings is 1. The van der Waals surface area contributed by atoms with Crippen LogP contribution in [-0.2, 0) is 28.7 Å². The molecule has 11 heteroatoms. The second-order valence-corrected chi connectivity index (χ2v) is 11.1. The Kier molecular flexibility index (Phi) is 9.88. The zero-order valence-electron chi connectivity index (χ0n) is 23.3. The fraction of sp³-hybridized carbons (Fsp3) is 0.533. The maximum Gasteiger partial charge on any atom is 0.312 e. The van der Waals surface area contributed by atoms with Crippen LogP contribution in [0.25, 0.3) is 0 Å². The van der Waals surface area contributed by atoms with Crippen LogP contribution in [0.3, 0.4) is 0 Å². The van der Waals surface area contributed by atoms with Gasteiger partial charge in [0, 0.05) is 26.1 Å². The second-order valence-electron chi connectivity index (χ2n) is 10.7. The highest BCUT2D eigenvalue weighted by Gasteiger charge is 2.75. The zero-order valence-corrected chi connectivity index (χ0v) is 24.1. The summed E-state index contributed by atoms with van der Waals surface area (Å²) in [5.74, 6) is -3.33. The number of nitrogens with zero attached hydrogens (tertiary/aromatic N) is 2. The number of para-hydroxylation sites is 1. The predicted octanol–water partition coefficient (Wildman–Crippen LogP) is 2.63. The number of aliphatic hydroxyl groups excluding tert-OH is 1. The zero-order chi connectivity index (χ0) is 29.7. The summed E-state index contributed by atoms with van der Waals surface area (Å²) < 4.78 is 12.1. The van der Waals surface area contributed by atoms with Gasteiger partial charge in [-0.05, 0) is 44.7 Å². The van der Waals surface area contributed by atoms with E-state index in [-0.39, 0.29) is 50.9 Å². The minimum absolute atomic E-state index is 0.122. The van der Waals surface area contributed by atoms with Crippen molar-refractivity contribution < 1.29 is 33.8 Å². The van der Waals surface area contributed by atoms with Crippen molar-refractivity contribution in [2.24, 2.45) is 11.8 Å². The molecule has 3 aliphatic rings. The van der Waals surface area contributed by atoms with Gasteiger partial charge in [0.2, 0.25) is 11.8 Å². The molecule has 0 aromatic heterocycles. The van der Waals surface area contributed by atoms with Gasteiger partial charge in [0.25, 0.3) is 5.91 Å². The van der Waals surface area contributed by atoms with Crippen LogP contribution < -0.4 is 10.2 Å². The fourth-order valence-corrected chi connectivity index (χ4v) is 6.57. The van der Waals surface area contributed by atoms with Crippen molar-refractivity contribution in [3.63, 3.8) is 0 Å². The molecule has 2 N–H and O–H groups in total. The molecule has 0 unspecified atom stereocenters. The summed E-state index contributed by atoms with van der Waals surface area (Å²) in [5, 5.41) is 12.7. The van der Waals surface area contributed by atoms with E-state index in [0.717, 1.165) is 0 Å². The minimum atomic E-state index is -1.22. The number of carbonyl (C=O) groups excluding carboxylic acids is 4. The van der Waals surface area contributed by atoms with Crippen LogP contribution in [0.2, 0.25) is 5.02 Å². The number of nitrogens with one attached hydrogen (secondary N) is 1. The molecule has 1 spiro atoms. The van der Waals surface area contributed by atoms with Gasteiger partial charge in [0.15, 0.2) is 0 Å². The normalized spacial score (nSPS) is 26.8. The molecular formula is C30H38ClN3O7. The number of amides is 3. The average molecular weight is 588 g/mol. The largest absolute Gasteiger partial charge is 0.460 e. The molecule has 3 saturated heterocycles. The maximum absolute atomic E-state index is 14.3. The fourth-order valence-electron chi connectivity index (χ4n) is 6.33. The highest BCUT2D eigenvalue weighted by molar-refractivity contribution is 6.34. The lowest BCUT2D eigenvalue weighted by Gasteiger charge is -2.37. The number of anilines is 1. The third-order valence-corrected chi connectivity index (χ3v) is 8.38. The number of carbonyl (C=O) groups is 4. The number of halogens is 1. The van der Waals surface area contributed by atoms with E-state index in [1.54, 1.807) is 43.3 Å². The summed E-state index contributed by atoms with van der Waals surface area (Å²) in [6.45, 7) is 9.28. The molecule has 3 aliphatic heterocycles. The standard InChI is InChI=1S/C30H38ClN3O7/c1-4-6-12-23(36)32-18-19(3)40-29(39)24-22-13-14-30(41-22)25(24)27(37)34(16-9-17-35)26(30)28(38)33(15-5-2)21-11-8-7-10-20(21)31/h4-5,7-8,10-11,19,22,24-26,35H,1-2,6,9,12-18H2,3H3,(H,32,36)/t19-,22-,24+,25+,26-,30+/m1/s1. The summed E-state index contributed by atoms with van der Waals surface area (Å²) in [6.07, 6.45) is 4.02. The lowest BCUT2D eigenvalue weighted by molar-refractivity contribution is -0.159. The molecule has 0 saturated carbocycles. The Balaban J connectivity index is 1.60. The Hall–Kier alpha value is -3.21. The van der Waals surface area contributed by atoms with Gasteiger partial charge in [0.05, 0.1) is 35.2 Å². The third kappa shape index (κ3) is 5.91. The van der Waals surface area contributed by atoms with Gasteiger partial charge in [-0.3, -0.25) is 19.2 Å². The van der Waals surface area contributed by atoms with Crippen molar-refractivity contribution in [1.29, 1.82) is 0 Å². The van der Waals surface area contributed by atoms with E-state index in [0.29, 0.717) is 30.0 Å². The number of esters is 1. The quantitative estimate of drug-likeness (QED) is 0.253. The number of rotatable bonds is 14. The first-order chi connectivity index (χ1) is 19.7. The highest BCUT2D eigenvalue weighted by Crippen LogP contribution is 2.59. The Morgan fingerprint density at radius 3 is 2.76 bits per heavy atom. The van der Waals surface area contributed by atoms with Crippen molar-refractivity contribution in [3.8, 4) is 0 Å². The highest BCUT2D eigenvalue weighted by atomic mass is 35.5. The van der Waals surface area contributed by atoms with Crippen molar-refractivity contribution in [2.45, 2.75) is 62.9 Å². The topological polar surface area (TPSA) is 125 Å². The summed E-state index contributed by atoms with van der Waals surface area (Å²) >= 11 is 6.46. The smallest absolute Gasteiger partial charge is 0.312 e. The molecular weight excluding hydrogens is 550 g/mol. The monoisotopic (exact) mass is 587 g/mol. The number of aliphatic hydroxyl groups is 1. The first-order valence-corrected chi connectivity index (χ1v) is 14.4. The van der Waals surface area contributed by atoms with Crippen molar-refractivity contribution in [3.05, 3.63) is 54.6 Å². The molecule has 2 bridgehead atoms. The molecule has 222 valence electrons. The molecule has 6 atom stereocenters. The van der Waals surface area contributed by atoms with E-state index in [4.69, 9.17) is 21.1 Å². The van der Waals surface area contributed by atoms with Gasteiger partial charge in [-0.15, -0.1) is 13.2 Å². The van der Waals surface area contributed by atoms with Gasteiger partial charge in [0.1, 0.15) is 17.7 Å². The number of hydrogen-bond donors (Lipinski definition) is 2. The number of ether oxygens (including phenoxy) is 2. The van der Waals surface area contributed by atoms with Crippen LogP contribution in [-0.4, -0.2) is 83.8 Å². The Morgan fingerprint density at radius 1 is 1.32 bits per heavy atom. The van der Waals surface area contributed by atoms with Gasteiger partial charge in [-0.1, -0.05) is 35.9 Å². The van der Waals surface area contributed by atoms with Crippen molar-refractivity contribution in [1.82, 2.24) is 10.2 Å². The minimum Gasteiger partial charge on any atom is -0.460 e. The number of allylic oxidation sites excluding steroid dienone is 1. The van der Waals surface area contributed by atoms with Crippen LogP contribution in [0.15, 0.2) is 49.6 Å². The van der Waals surface area contributed by atoms with Gasteiger partial charge >= 0.3 is 5.97 Å². The molecule has 1 aromatic carbocycles. The van der Waals surface area contributed by atoms with Gasteiger partial charge < -0.3 is 29.7 Å². The van der Waals surface area contributed by atoms with E-state index < -0.39 is 47.6 Å². The first-order valence-electron chi connectivity index (χ1n) is 14.0.